The summed E-state index contributed by atoms with van der Waals surface area (Å²) in [5.41, 5.74) is 4.25. The monoisotopic (exact) mass is 252 g/mol. The topological polar surface area (TPSA) is 38.0 Å². The molecule has 3 heteroatoms. The first-order valence-electron chi connectivity index (χ1n) is 6.31. The summed E-state index contributed by atoms with van der Waals surface area (Å²) < 4.78 is 0. The fourth-order valence-corrected chi connectivity index (χ4v) is 2.81. The van der Waals surface area contributed by atoms with Gasteiger partial charge in [-0.25, -0.2) is 0 Å². The zero-order valence-corrected chi connectivity index (χ0v) is 11.9. The molecule has 3 N–H and O–H groups in total. The summed E-state index contributed by atoms with van der Waals surface area (Å²) in [5.74, 6) is 7.37. The Hall–Kier alpha value is -0.510. The highest BCUT2D eigenvalue weighted by atomic mass is 32.2. The first-order chi connectivity index (χ1) is 8.15. The average Bonchev–Trinajstić information content (AvgIpc) is 2.34. The van der Waals surface area contributed by atoms with Crippen molar-refractivity contribution >= 4 is 11.8 Å². The van der Waals surface area contributed by atoms with Crippen molar-refractivity contribution in [2.75, 3.05) is 5.75 Å². The fourth-order valence-electron chi connectivity index (χ4n) is 1.74. The van der Waals surface area contributed by atoms with Gasteiger partial charge in [-0.2, -0.15) is 0 Å². The number of benzene rings is 1. The molecule has 1 aromatic rings. The Kier molecular flexibility index (Phi) is 6.63. The molecule has 0 saturated carbocycles. The summed E-state index contributed by atoms with van der Waals surface area (Å²) >= 11 is 1.88. The average molecular weight is 252 g/mol. The van der Waals surface area contributed by atoms with E-state index >= 15 is 0 Å². The van der Waals surface area contributed by atoms with Crippen molar-refractivity contribution in [3.05, 3.63) is 29.8 Å². The van der Waals surface area contributed by atoms with Gasteiger partial charge in [-0.15, -0.1) is 11.8 Å². The minimum Gasteiger partial charge on any atom is -0.271 e. The van der Waals surface area contributed by atoms with Gasteiger partial charge in [-0.1, -0.05) is 38.0 Å². The molecule has 17 heavy (non-hydrogen) atoms. The van der Waals surface area contributed by atoms with Crippen molar-refractivity contribution in [2.24, 2.45) is 11.8 Å². The number of aryl methyl sites for hydroxylation is 1. The molecule has 0 saturated heterocycles. The summed E-state index contributed by atoms with van der Waals surface area (Å²) in [6.07, 6.45) is 2.36. The lowest BCUT2D eigenvalue weighted by molar-refractivity contribution is 0.423. The van der Waals surface area contributed by atoms with Crippen molar-refractivity contribution in [2.45, 2.75) is 44.6 Å². The van der Waals surface area contributed by atoms with Gasteiger partial charge in [0, 0.05) is 16.7 Å². The summed E-state index contributed by atoms with van der Waals surface area (Å²) in [6, 6.07) is 9.02. The third-order valence-corrected chi connectivity index (χ3v) is 4.22. The molecule has 0 spiro atoms. The summed E-state index contributed by atoms with van der Waals surface area (Å²) in [5, 5.41) is 0. The van der Waals surface area contributed by atoms with E-state index in [0.29, 0.717) is 6.04 Å². The van der Waals surface area contributed by atoms with Crippen LogP contribution in [0.15, 0.2) is 29.2 Å². The zero-order chi connectivity index (χ0) is 12.7. The van der Waals surface area contributed by atoms with E-state index in [-0.39, 0.29) is 0 Å². The van der Waals surface area contributed by atoms with Crippen LogP contribution in [0.2, 0.25) is 0 Å². The van der Waals surface area contributed by atoms with Crippen LogP contribution in [0.5, 0.6) is 0 Å². The van der Waals surface area contributed by atoms with Gasteiger partial charge in [-0.05, 0) is 31.4 Å². The van der Waals surface area contributed by atoms with E-state index in [4.69, 9.17) is 5.84 Å². The van der Waals surface area contributed by atoms with Crippen molar-refractivity contribution < 1.29 is 0 Å². The molecule has 0 radical (unpaired) electrons. The van der Waals surface area contributed by atoms with Crippen LogP contribution in [-0.4, -0.2) is 11.8 Å². The maximum atomic E-state index is 5.61. The minimum atomic E-state index is 0.399. The second-order valence-corrected chi connectivity index (χ2v) is 5.83. The molecule has 2 atom stereocenters. The molecule has 0 heterocycles. The molecule has 1 rings (SSSR count). The lowest BCUT2D eigenvalue weighted by Gasteiger charge is -2.19. The van der Waals surface area contributed by atoms with Crippen molar-refractivity contribution in [1.82, 2.24) is 5.43 Å². The van der Waals surface area contributed by atoms with Gasteiger partial charge in [0.2, 0.25) is 0 Å². The van der Waals surface area contributed by atoms with Crippen molar-refractivity contribution in [3.63, 3.8) is 0 Å². The maximum absolute atomic E-state index is 5.61. The standard InChI is InChI=1S/C14H24N2S/c1-4-11(2)8-13(16-15)10-17-14-7-5-6-12(3)9-14/h5-7,9,11,13,16H,4,8,10,15H2,1-3H3. The largest absolute Gasteiger partial charge is 0.271 e. The highest BCUT2D eigenvalue weighted by Gasteiger charge is 2.11. The van der Waals surface area contributed by atoms with E-state index in [1.165, 1.54) is 16.9 Å². The van der Waals surface area contributed by atoms with E-state index in [1.54, 1.807) is 0 Å². The van der Waals surface area contributed by atoms with Gasteiger partial charge in [0.1, 0.15) is 0 Å². The number of nitrogens with one attached hydrogen (secondary N) is 1. The summed E-state index contributed by atoms with van der Waals surface area (Å²) in [6.45, 7) is 6.63. The van der Waals surface area contributed by atoms with Gasteiger partial charge >= 0.3 is 0 Å². The van der Waals surface area contributed by atoms with E-state index in [9.17, 15) is 0 Å². The molecule has 0 aliphatic carbocycles. The molecule has 2 unspecified atom stereocenters. The Labute approximate surface area is 109 Å². The van der Waals surface area contributed by atoms with Gasteiger partial charge in [0.15, 0.2) is 0 Å². The van der Waals surface area contributed by atoms with Gasteiger partial charge in [0.25, 0.3) is 0 Å². The summed E-state index contributed by atoms with van der Waals surface area (Å²) in [7, 11) is 0. The van der Waals surface area contributed by atoms with E-state index in [0.717, 1.165) is 18.1 Å². The van der Waals surface area contributed by atoms with E-state index in [2.05, 4.69) is 50.5 Å². The maximum Gasteiger partial charge on any atom is 0.0307 e. The molecular formula is C14H24N2S. The number of nitrogens with two attached hydrogens (primary N) is 1. The molecule has 0 aliphatic heterocycles. The van der Waals surface area contributed by atoms with Crippen LogP contribution < -0.4 is 11.3 Å². The zero-order valence-electron chi connectivity index (χ0n) is 11.1. The quantitative estimate of drug-likeness (QED) is 0.444. The second kappa shape index (κ2) is 7.75. The molecule has 0 aliphatic rings. The molecule has 0 bridgehead atoms. The van der Waals surface area contributed by atoms with Crippen LogP contribution in [0.3, 0.4) is 0 Å². The molecule has 0 aromatic heterocycles. The predicted molar refractivity (Wildman–Crippen MR) is 77.1 cm³/mol. The number of rotatable bonds is 7. The third-order valence-electron chi connectivity index (χ3n) is 3.06. The molecule has 96 valence electrons. The third kappa shape index (κ3) is 5.57. The molecule has 1 aromatic carbocycles. The Morgan fingerprint density at radius 2 is 2.18 bits per heavy atom. The van der Waals surface area contributed by atoms with Crippen LogP contribution >= 0.6 is 11.8 Å². The van der Waals surface area contributed by atoms with Crippen LogP contribution in [0, 0.1) is 12.8 Å². The van der Waals surface area contributed by atoms with Crippen molar-refractivity contribution in [1.29, 1.82) is 0 Å². The van der Waals surface area contributed by atoms with Crippen LogP contribution in [0.25, 0.3) is 0 Å². The van der Waals surface area contributed by atoms with Crippen LogP contribution in [0.1, 0.15) is 32.3 Å². The Morgan fingerprint density at radius 1 is 1.41 bits per heavy atom. The SMILES string of the molecule is CCC(C)CC(CSc1cccc(C)c1)NN. The minimum absolute atomic E-state index is 0.399. The highest BCUT2D eigenvalue weighted by Crippen LogP contribution is 2.21. The van der Waals surface area contributed by atoms with Crippen LogP contribution in [-0.2, 0) is 0 Å². The van der Waals surface area contributed by atoms with E-state index in [1.807, 2.05) is 11.8 Å². The van der Waals surface area contributed by atoms with Crippen LogP contribution in [0.4, 0.5) is 0 Å². The lowest BCUT2D eigenvalue weighted by atomic mass is 10.0. The van der Waals surface area contributed by atoms with E-state index < -0.39 is 0 Å². The predicted octanol–water partition coefficient (Wildman–Crippen LogP) is 3.36. The number of hydrogen-bond donors (Lipinski definition) is 2. The van der Waals surface area contributed by atoms with Gasteiger partial charge < -0.3 is 0 Å². The van der Waals surface area contributed by atoms with Gasteiger partial charge in [-0.3, -0.25) is 11.3 Å². The number of hydrazine groups is 1. The second-order valence-electron chi connectivity index (χ2n) is 4.74. The Morgan fingerprint density at radius 3 is 2.76 bits per heavy atom. The van der Waals surface area contributed by atoms with Crippen molar-refractivity contribution in [3.8, 4) is 0 Å². The highest BCUT2D eigenvalue weighted by molar-refractivity contribution is 7.99. The smallest absolute Gasteiger partial charge is 0.0307 e. The first kappa shape index (κ1) is 14.6. The Bertz CT molecular complexity index is 328. The normalized spacial score (nSPS) is 14.6. The lowest BCUT2D eigenvalue weighted by Crippen LogP contribution is -2.38. The Balaban J connectivity index is 2.42. The number of hydrogen-bond acceptors (Lipinski definition) is 3. The molecular weight excluding hydrogens is 228 g/mol. The van der Waals surface area contributed by atoms with Gasteiger partial charge in [0.05, 0.1) is 0 Å². The fraction of sp³-hybridized carbons (Fsp3) is 0.571. The summed E-state index contributed by atoms with van der Waals surface area (Å²) in [4.78, 5) is 1.33. The number of thioether (sulfide) groups is 1. The molecule has 0 amide bonds. The molecule has 2 nitrogen and oxygen atoms in total. The first-order valence-corrected chi connectivity index (χ1v) is 7.29. The molecule has 0 fully saturated rings.